The molecule has 0 spiro atoms. The summed E-state index contributed by atoms with van der Waals surface area (Å²) in [6.45, 7) is 3.95. The number of nitrogens with zero attached hydrogens (tertiary/aromatic N) is 2. The van der Waals surface area contributed by atoms with Gasteiger partial charge in [-0.05, 0) is 31.7 Å². The van der Waals surface area contributed by atoms with E-state index in [9.17, 15) is 4.79 Å². The van der Waals surface area contributed by atoms with Crippen LogP contribution in [0.1, 0.15) is 45.4 Å². The fraction of sp³-hybridized carbons (Fsp3) is 0.733. The average Bonchev–Trinajstić information content (AvgIpc) is 2.46. The summed E-state index contributed by atoms with van der Waals surface area (Å²) in [5.74, 6) is 0.701. The Morgan fingerprint density at radius 3 is 2.89 bits per heavy atom. The van der Waals surface area contributed by atoms with Gasteiger partial charge in [0.1, 0.15) is 0 Å². The van der Waals surface area contributed by atoms with Crippen molar-refractivity contribution in [2.24, 2.45) is 5.92 Å². The minimum atomic E-state index is 0.0501. The number of aromatic nitrogens is 2. The van der Waals surface area contributed by atoms with E-state index in [0.717, 1.165) is 19.5 Å². The highest BCUT2D eigenvalue weighted by atomic mass is 16.1. The Balaban J connectivity index is 2.04. The standard InChI is InChI=1S/C15H25N3O/c1-2-9-17-14(13-6-4-3-5-7-13)11-18-12-16-10-8-15(18)19/h8,10,12-14,17H,2-7,9,11H2,1H3. The second-order valence-corrected chi connectivity index (χ2v) is 5.53. The number of nitrogens with one attached hydrogen (secondary N) is 1. The molecule has 4 heteroatoms. The van der Waals surface area contributed by atoms with Crippen LogP contribution < -0.4 is 10.9 Å². The molecule has 2 rings (SSSR count). The maximum Gasteiger partial charge on any atom is 0.253 e. The normalized spacial score (nSPS) is 18.4. The van der Waals surface area contributed by atoms with Crippen molar-refractivity contribution in [3.8, 4) is 0 Å². The zero-order chi connectivity index (χ0) is 13.5. The predicted molar refractivity (Wildman–Crippen MR) is 77.2 cm³/mol. The summed E-state index contributed by atoms with van der Waals surface area (Å²) in [5.41, 5.74) is 0.0501. The van der Waals surface area contributed by atoms with E-state index < -0.39 is 0 Å². The van der Waals surface area contributed by atoms with Crippen LogP contribution in [0.5, 0.6) is 0 Å². The van der Waals surface area contributed by atoms with Gasteiger partial charge in [-0.1, -0.05) is 26.2 Å². The molecule has 4 nitrogen and oxygen atoms in total. The minimum absolute atomic E-state index is 0.0501. The third kappa shape index (κ3) is 4.16. The van der Waals surface area contributed by atoms with E-state index in [2.05, 4.69) is 17.2 Å². The van der Waals surface area contributed by atoms with Crippen molar-refractivity contribution in [2.45, 2.75) is 58.0 Å². The van der Waals surface area contributed by atoms with E-state index in [1.807, 2.05) is 0 Å². The quantitative estimate of drug-likeness (QED) is 0.856. The SMILES string of the molecule is CCCNC(Cn1cnccc1=O)C1CCCCC1. The van der Waals surface area contributed by atoms with E-state index in [1.165, 1.54) is 38.2 Å². The van der Waals surface area contributed by atoms with Crippen LogP contribution in [0, 0.1) is 5.92 Å². The molecule has 0 amide bonds. The van der Waals surface area contributed by atoms with Gasteiger partial charge in [-0.2, -0.15) is 0 Å². The first-order valence-corrected chi connectivity index (χ1v) is 7.55. The summed E-state index contributed by atoms with van der Waals surface area (Å²) >= 11 is 0. The smallest absolute Gasteiger partial charge is 0.253 e. The lowest BCUT2D eigenvalue weighted by Crippen LogP contribution is -2.42. The van der Waals surface area contributed by atoms with Crippen LogP contribution >= 0.6 is 0 Å². The van der Waals surface area contributed by atoms with Crippen LogP contribution in [0.2, 0.25) is 0 Å². The molecular weight excluding hydrogens is 238 g/mol. The highest BCUT2D eigenvalue weighted by Gasteiger charge is 2.23. The maximum absolute atomic E-state index is 11.8. The van der Waals surface area contributed by atoms with Gasteiger partial charge < -0.3 is 5.32 Å². The fourth-order valence-electron chi connectivity index (χ4n) is 2.97. The lowest BCUT2D eigenvalue weighted by atomic mass is 9.83. The third-order valence-corrected chi connectivity index (χ3v) is 4.06. The molecule has 0 bridgehead atoms. The number of hydrogen-bond donors (Lipinski definition) is 1. The van der Waals surface area contributed by atoms with Crippen LogP contribution in [-0.4, -0.2) is 22.1 Å². The molecule has 106 valence electrons. The fourth-order valence-corrected chi connectivity index (χ4v) is 2.97. The summed E-state index contributed by atoms with van der Waals surface area (Å²) < 4.78 is 1.74. The summed E-state index contributed by atoms with van der Waals surface area (Å²) in [6.07, 6.45) is 11.0. The summed E-state index contributed by atoms with van der Waals surface area (Å²) in [4.78, 5) is 15.9. The van der Waals surface area contributed by atoms with Crippen LogP contribution in [0.3, 0.4) is 0 Å². The van der Waals surface area contributed by atoms with Crippen molar-refractivity contribution in [1.82, 2.24) is 14.9 Å². The Kier molecular flexibility index (Phi) is 5.58. The summed E-state index contributed by atoms with van der Waals surface area (Å²) in [7, 11) is 0. The van der Waals surface area contributed by atoms with E-state index in [0.29, 0.717) is 12.0 Å². The highest BCUT2D eigenvalue weighted by molar-refractivity contribution is 4.86. The second-order valence-electron chi connectivity index (χ2n) is 5.53. The van der Waals surface area contributed by atoms with Crippen LogP contribution in [0.4, 0.5) is 0 Å². The third-order valence-electron chi connectivity index (χ3n) is 4.06. The van der Waals surface area contributed by atoms with Gasteiger partial charge >= 0.3 is 0 Å². The van der Waals surface area contributed by atoms with Crippen molar-refractivity contribution in [3.63, 3.8) is 0 Å². The van der Waals surface area contributed by atoms with Gasteiger partial charge in [-0.3, -0.25) is 9.36 Å². The van der Waals surface area contributed by atoms with Crippen LogP contribution in [-0.2, 0) is 6.54 Å². The Morgan fingerprint density at radius 2 is 2.21 bits per heavy atom. The Labute approximate surface area is 115 Å². The molecule has 1 aliphatic rings. The molecule has 1 N–H and O–H groups in total. The molecule has 0 saturated heterocycles. The highest BCUT2D eigenvalue weighted by Crippen LogP contribution is 2.27. The van der Waals surface area contributed by atoms with Gasteiger partial charge in [0.05, 0.1) is 6.33 Å². The van der Waals surface area contributed by atoms with E-state index >= 15 is 0 Å². The lowest BCUT2D eigenvalue weighted by molar-refractivity contribution is 0.246. The molecule has 1 saturated carbocycles. The predicted octanol–water partition coefficient (Wildman–Crippen LogP) is 2.19. The molecule has 1 fully saturated rings. The van der Waals surface area contributed by atoms with E-state index in [-0.39, 0.29) is 5.56 Å². The number of rotatable bonds is 6. The molecule has 1 atom stereocenters. The van der Waals surface area contributed by atoms with Crippen molar-refractivity contribution < 1.29 is 0 Å². The largest absolute Gasteiger partial charge is 0.312 e. The molecule has 0 radical (unpaired) electrons. The van der Waals surface area contributed by atoms with Crippen molar-refractivity contribution in [2.75, 3.05) is 6.54 Å². The summed E-state index contributed by atoms with van der Waals surface area (Å²) in [6, 6.07) is 1.94. The molecule has 1 heterocycles. The second kappa shape index (κ2) is 7.43. The van der Waals surface area contributed by atoms with E-state index in [1.54, 1.807) is 17.1 Å². The Morgan fingerprint density at radius 1 is 1.42 bits per heavy atom. The molecule has 0 aromatic carbocycles. The molecule has 1 unspecified atom stereocenters. The Hall–Kier alpha value is -1.16. The first kappa shape index (κ1) is 14.3. The maximum atomic E-state index is 11.8. The first-order chi connectivity index (χ1) is 9.31. The monoisotopic (exact) mass is 263 g/mol. The van der Waals surface area contributed by atoms with Gasteiger partial charge in [-0.25, -0.2) is 4.98 Å². The number of hydrogen-bond acceptors (Lipinski definition) is 3. The van der Waals surface area contributed by atoms with Crippen molar-refractivity contribution in [1.29, 1.82) is 0 Å². The van der Waals surface area contributed by atoms with Gasteiger partial charge in [0.25, 0.3) is 5.56 Å². The molecular formula is C15H25N3O. The zero-order valence-corrected chi connectivity index (χ0v) is 11.8. The molecule has 1 aliphatic carbocycles. The average molecular weight is 263 g/mol. The molecule has 0 aliphatic heterocycles. The van der Waals surface area contributed by atoms with Crippen LogP contribution in [0.15, 0.2) is 23.4 Å². The van der Waals surface area contributed by atoms with E-state index in [4.69, 9.17) is 0 Å². The van der Waals surface area contributed by atoms with Crippen LogP contribution in [0.25, 0.3) is 0 Å². The van der Waals surface area contributed by atoms with Gasteiger partial charge in [0.15, 0.2) is 0 Å². The molecule has 19 heavy (non-hydrogen) atoms. The van der Waals surface area contributed by atoms with Crippen molar-refractivity contribution >= 4 is 0 Å². The lowest BCUT2D eigenvalue weighted by Gasteiger charge is -2.31. The van der Waals surface area contributed by atoms with Crippen molar-refractivity contribution in [3.05, 3.63) is 28.9 Å². The Bertz CT molecular complexity index is 423. The molecule has 1 aromatic heterocycles. The molecule has 1 aromatic rings. The zero-order valence-electron chi connectivity index (χ0n) is 11.8. The first-order valence-electron chi connectivity index (χ1n) is 7.55. The van der Waals surface area contributed by atoms with Gasteiger partial charge in [0, 0.05) is 24.8 Å². The topological polar surface area (TPSA) is 46.9 Å². The minimum Gasteiger partial charge on any atom is -0.312 e. The van der Waals surface area contributed by atoms with Gasteiger partial charge in [-0.15, -0.1) is 0 Å². The van der Waals surface area contributed by atoms with Gasteiger partial charge in [0.2, 0.25) is 0 Å². The summed E-state index contributed by atoms with van der Waals surface area (Å²) in [5, 5.41) is 3.63.